The second-order valence-corrected chi connectivity index (χ2v) is 7.41. The third kappa shape index (κ3) is 4.05. The monoisotopic (exact) mass is 418 g/mol. The summed E-state index contributed by atoms with van der Waals surface area (Å²) in [5.74, 6) is 0.313. The minimum Gasteiger partial charge on any atom is -0.493 e. The number of carbonyl (C=O) groups excluding carboxylic acids is 1. The van der Waals surface area contributed by atoms with E-state index in [1.54, 1.807) is 6.07 Å². The highest BCUT2D eigenvalue weighted by molar-refractivity contribution is 6.31. The molecule has 0 spiro atoms. The van der Waals surface area contributed by atoms with Crippen LogP contribution >= 0.6 is 11.6 Å². The topological polar surface area (TPSA) is 54.1 Å². The number of aromatic nitrogens is 1. The summed E-state index contributed by atoms with van der Waals surface area (Å²) in [4.78, 5) is 16.3. The van der Waals surface area contributed by atoms with Gasteiger partial charge in [-0.3, -0.25) is 4.79 Å². The van der Waals surface area contributed by atoms with Crippen LogP contribution in [0.15, 0.2) is 79.0 Å². The predicted octanol–water partition coefficient (Wildman–Crippen LogP) is 5.78. The third-order valence-electron chi connectivity index (χ3n) is 5.18. The molecule has 0 saturated heterocycles. The molecule has 3 aromatic carbocycles. The Bertz CT molecular complexity index is 1170. The van der Waals surface area contributed by atoms with Crippen LogP contribution in [-0.2, 0) is 0 Å². The maximum atomic E-state index is 13.0. The number of rotatable bonds is 7. The molecule has 1 aromatic heterocycles. The van der Waals surface area contributed by atoms with E-state index in [0.717, 1.165) is 22.0 Å². The Kier molecular flexibility index (Phi) is 6.05. The van der Waals surface area contributed by atoms with Gasteiger partial charge in [-0.2, -0.15) is 0 Å². The minimum absolute atomic E-state index is 0.0990. The molecule has 0 aliphatic rings. The average Bonchev–Trinajstić information content (AvgIpc) is 3.20. The number of carbonyl (C=O) groups is 1. The van der Waals surface area contributed by atoms with Gasteiger partial charge in [-0.15, -0.1) is 0 Å². The summed E-state index contributed by atoms with van der Waals surface area (Å²) >= 11 is 6.54. The van der Waals surface area contributed by atoms with Crippen LogP contribution in [0.5, 0.6) is 5.75 Å². The largest absolute Gasteiger partial charge is 0.493 e. The number of amides is 1. The van der Waals surface area contributed by atoms with Gasteiger partial charge in [0.2, 0.25) is 0 Å². The van der Waals surface area contributed by atoms with E-state index in [9.17, 15) is 4.79 Å². The zero-order valence-corrected chi connectivity index (χ0v) is 17.4. The van der Waals surface area contributed by atoms with Crippen molar-refractivity contribution < 1.29 is 9.53 Å². The van der Waals surface area contributed by atoms with E-state index in [1.165, 1.54) is 0 Å². The van der Waals surface area contributed by atoms with Crippen molar-refractivity contribution in [3.8, 4) is 5.75 Å². The van der Waals surface area contributed by atoms with Gasteiger partial charge >= 0.3 is 0 Å². The number of hydrogen-bond acceptors (Lipinski definition) is 2. The first-order valence-corrected chi connectivity index (χ1v) is 10.4. The summed E-state index contributed by atoms with van der Waals surface area (Å²) < 4.78 is 5.61. The lowest BCUT2D eigenvalue weighted by Crippen LogP contribution is -2.29. The van der Waals surface area contributed by atoms with Crippen molar-refractivity contribution in [3.05, 3.63) is 101 Å². The van der Waals surface area contributed by atoms with Gasteiger partial charge in [0.05, 0.1) is 12.2 Å². The molecule has 30 heavy (non-hydrogen) atoms. The first-order valence-electron chi connectivity index (χ1n) is 9.99. The predicted molar refractivity (Wildman–Crippen MR) is 122 cm³/mol. The second-order valence-electron chi connectivity index (χ2n) is 7.00. The van der Waals surface area contributed by atoms with Gasteiger partial charge in [0.15, 0.2) is 0 Å². The van der Waals surface area contributed by atoms with E-state index in [1.807, 2.05) is 73.8 Å². The molecule has 1 atom stereocenters. The van der Waals surface area contributed by atoms with E-state index in [0.29, 0.717) is 29.5 Å². The van der Waals surface area contributed by atoms with Crippen LogP contribution in [0.2, 0.25) is 5.02 Å². The summed E-state index contributed by atoms with van der Waals surface area (Å²) in [6.07, 6.45) is 2.00. The van der Waals surface area contributed by atoms with Crippen molar-refractivity contribution in [2.45, 2.75) is 12.8 Å². The van der Waals surface area contributed by atoms with Gasteiger partial charge in [0, 0.05) is 34.6 Å². The lowest BCUT2D eigenvalue weighted by atomic mass is 9.90. The van der Waals surface area contributed by atoms with Gasteiger partial charge in [-0.1, -0.05) is 60.1 Å². The molecular weight excluding hydrogens is 396 g/mol. The molecule has 0 saturated carbocycles. The van der Waals surface area contributed by atoms with E-state index in [2.05, 4.69) is 16.4 Å². The summed E-state index contributed by atoms with van der Waals surface area (Å²) in [6, 6.07) is 23.2. The molecule has 4 aromatic rings. The molecule has 0 radical (unpaired) electrons. The molecule has 1 heterocycles. The molecule has 0 aliphatic heterocycles. The summed E-state index contributed by atoms with van der Waals surface area (Å²) in [5.41, 5.74) is 3.65. The molecule has 5 heteroatoms. The smallest absolute Gasteiger partial charge is 0.255 e. The highest BCUT2D eigenvalue weighted by atomic mass is 35.5. The Morgan fingerprint density at radius 3 is 2.57 bits per heavy atom. The van der Waals surface area contributed by atoms with Crippen LogP contribution in [-0.4, -0.2) is 24.0 Å². The van der Waals surface area contributed by atoms with Crippen LogP contribution in [0, 0.1) is 0 Å². The molecule has 0 bridgehead atoms. The van der Waals surface area contributed by atoms with E-state index in [4.69, 9.17) is 16.3 Å². The van der Waals surface area contributed by atoms with Crippen LogP contribution in [0.4, 0.5) is 0 Å². The Morgan fingerprint density at radius 1 is 1.00 bits per heavy atom. The Morgan fingerprint density at radius 2 is 1.73 bits per heavy atom. The SMILES string of the molecule is CCOc1ccccc1C(=O)NCC(c1ccccc1Cl)c1c[nH]c2ccccc12. The van der Waals surface area contributed by atoms with Crippen LogP contribution in [0.25, 0.3) is 10.9 Å². The summed E-state index contributed by atoms with van der Waals surface area (Å²) in [6.45, 7) is 2.81. The quantitative estimate of drug-likeness (QED) is 0.399. The van der Waals surface area contributed by atoms with Crippen molar-refractivity contribution in [2.24, 2.45) is 0 Å². The molecule has 152 valence electrons. The number of para-hydroxylation sites is 2. The van der Waals surface area contributed by atoms with Crippen molar-refractivity contribution in [3.63, 3.8) is 0 Å². The van der Waals surface area contributed by atoms with Gasteiger partial charge < -0.3 is 15.0 Å². The zero-order valence-electron chi connectivity index (χ0n) is 16.7. The normalized spacial score (nSPS) is 11.9. The summed E-state index contributed by atoms with van der Waals surface area (Å²) in [7, 11) is 0. The average molecular weight is 419 g/mol. The van der Waals surface area contributed by atoms with E-state index >= 15 is 0 Å². The number of hydrogen-bond donors (Lipinski definition) is 2. The lowest BCUT2D eigenvalue weighted by Gasteiger charge is -2.20. The fourth-order valence-electron chi connectivity index (χ4n) is 3.75. The number of benzene rings is 3. The van der Waals surface area contributed by atoms with Crippen LogP contribution < -0.4 is 10.1 Å². The fraction of sp³-hybridized carbons (Fsp3) is 0.160. The molecular formula is C25H23ClN2O2. The van der Waals surface area contributed by atoms with Crippen molar-refractivity contribution in [1.29, 1.82) is 0 Å². The fourth-order valence-corrected chi connectivity index (χ4v) is 4.02. The number of nitrogens with one attached hydrogen (secondary N) is 2. The maximum absolute atomic E-state index is 13.0. The summed E-state index contributed by atoms with van der Waals surface area (Å²) in [5, 5.41) is 4.88. The number of aromatic amines is 1. The van der Waals surface area contributed by atoms with Gasteiger partial charge in [-0.25, -0.2) is 0 Å². The van der Waals surface area contributed by atoms with Gasteiger partial charge in [0.25, 0.3) is 5.91 Å². The molecule has 1 amide bonds. The second kappa shape index (κ2) is 9.06. The minimum atomic E-state index is -0.170. The van der Waals surface area contributed by atoms with E-state index in [-0.39, 0.29) is 11.8 Å². The lowest BCUT2D eigenvalue weighted by molar-refractivity contribution is 0.0948. The van der Waals surface area contributed by atoms with E-state index < -0.39 is 0 Å². The van der Waals surface area contributed by atoms with Gasteiger partial charge in [-0.05, 0) is 42.3 Å². The first kappa shape index (κ1) is 20.0. The van der Waals surface area contributed by atoms with Crippen molar-refractivity contribution in [1.82, 2.24) is 10.3 Å². The number of fused-ring (bicyclic) bond motifs is 1. The van der Waals surface area contributed by atoms with Crippen LogP contribution in [0.3, 0.4) is 0 Å². The highest BCUT2D eigenvalue weighted by Gasteiger charge is 2.22. The maximum Gasteiger partial charge on any atom is 0.255 e. The van der Waals surface area contributed by atoms with Gasteiger partial charge in [0.1, 0.15) is 5.75 Å². The molecule has 0 aliphatic carbocycles. The number of H-pyrrole nitrogens is 1. The van der Waals surface area contributed by atoms with Crippen molar-refractivity contribution in [2.75, 3.05) is 13.2 Å². The number of ether oxygens (including phenoxy) is 1. The highest BCUT2D eigenvalue weighted by Crippen LogP contribution is 2.34. The Balaban J connectivity index is 1.66. The standard InChI is InChI=1S/C25H23ClN2O2/c1-2-30-24-14-8-5-11-19(24)25(29)28-16-20(17-9-3-6-12-22(17)26)21-15-27-23-13-7-4-10-18(21)23/h3-15,20,27H,2,16H2,1H3,(H,28,29). The molecule has 2 N–H and O–H groups in total. The van der Waals surface area contributed by atoms with Crippen LogP contribution in [0.1, 0.15) is 34.3 Å². The molecule has 0 fully saturated rings. The van der Waals surface area contributed by atoms with Crippen molar-refractivity contribution >= 4 is 28.4 Å². The molecule has 4 rings (SSSR count). The molecule has 4 nitrogen and oxygen atoms in total. The molecule has 1 unspecified atom stereocenters. The number of halogens is 1. The Hall–Kier alpha value is -3.24. The zero-order chi connectivity index (χ0) is 20.9. The first-order chi connectivity index (χ1) is 14.7. The third-order valence-corrected chi connectivity index (χ3v) is 5.52. The Labute approximate surface area is 180 Å².